The molecule has 0 heterocycles. The third kappa shape index (κ3) is 2.14. The number of fused-ring (bicyclic) bond motifs is 1. The maximum atomic E-state index is 3.88. The highest BCUT2D eigenvalue weighted by atomic mass is 14.1. The highest BCUT2D eigenvalue weighted by Crippen LogP contribution is 2.33. The van der Waals surface area contributed by atoms with Crippen LogP contribution in [0.5, 0.6) is 0 Å². The van der Waals surface area contributed by atoms with Crippen molar-refractivity contribution in [2.24, 2.45) is 0 Å². The van der Waals surface area contributed by atoms with Gasteiger partial charge < -0.3 is 0 Å². The lowest BCUT2D eigenvalue weighted by Gasteiger charge is -2.13. The van der Waals surface area contributed by atoms with E-state index in [4.69, 9.17) is 0 Å². The molecule has 0 heteroatoms. The zero-order chi connectivity index (χ0) is 13.9. The molecule has 3 rings (SSSR count). The Morgan fingerprint density at radius 3 is 2.25 bits per heavy atom. The van der Waals surface area contributed by atoms with Crippen molar-refractivity contribution in [3.63, 3.8) is 0 Å². The molecule has 98 valence electrons. The van der Waals surface area contributed by atoms with E-state index in [1.807, 2.05) is 6.08 Å². The molecular formula is C20H18. The zero-order valence-electron chi connectivity index (χ0n) is 11.8. The van der Waals surface area contributed by atoms with E-state index in [2.05, 4.69) is 74.2 Å². The summed E-state index contributed by atoms with van der Waals surface area (Å²) in [5.41, 5.74) is 5.30. The third-order valence-corrected chi connectivity index (χ3v) is 3.87. The van der Waals surface area contributed by atoms with Gasteiger partial charge in [-0.05, 0) is 52.4 Å². The highest BCUT2D eigenvalue weighted by molar-refractivity contribution is 5.99. The molecule has 0 saturated carbocycles. The minimum absolute atomic E-state index is 0.913. The first-order valence-corrected chi connectivity index (χ1v) is 6.99. The summed E-state index contributed by atoms with van der Waals surface area (Å²) in [6.45, 7) is 6.08. The summed E-state index contributed by atoms with van der Waals surface area (Å²) in [7, 11) is 0. The van der Waals surface area contributed by atoms with Crippen LogP contribution in [0, 0.1) is 6.92 Å². The molecule has 0 aliphatic rings. The van der Waals surface area contributed by atoms with Gasteiger partial charge in [0, 0.05) is 0 Å². The van der Waals surface area contributed by atoms with Gasteiger partial charge >= 0.3 is 0 Å². The SMILES string of the molecule is C=CCc1cc(-c2ccccc2)c2ccccc2c1C. The Labute approximate surface area is 120 Å². The summed E-state index contributed by atoms with van der Waals surface area (Å²) in [6.07, 6.45) is 2.89. The number of rotatable bonds is 3. The van der Waals surface area contributed by atoms with Crippen LogP contribution in [0.25, 0.3) is 21.9 Å². The van der Waals surface area contributed by atoms with Crippen LogP contribution in [0.15, 0.2) is 73.3 Å². The maximum absolute atomic E-state index is 3.88. The van der Waals surface area contributed by atoms with E-state index in [0.717, 1.165) is 6.42 Å². The van der Waals surface area contributed by atoms with Crippen LogP contribution in [0.1, 0.15) is 11.1 Å². The first-order valence-electron chi connectivity index (χ1n) is 6.99. The van der Waals surface area contributed by atoms with Gasteiger partial charge in [-0.3, -0.25) is 0 Å². The molecule has 0 nitrogen and oxygen atoms in total. The quantitative estimate of drug-likeness (QED) is 0.541. The molecule has 0 amide bonds. The lowest BCUT2D eigenvalue weighted by Crippen LogP contribution is -1.92. The normalized spacial score (nSPS) is 10.7. The maximum Gasteiger partial charge on any atom is -0.00971 e. The van der Waals surface area contributed by atoms with Gasteiger partial charge in [0.15, 0.2) is 0 Å². The summed E-state index contributed by atoms with van der Waals surface area (Å²) in [6, 6.07) is 21.6. The average molecular weight is 258 g/mol. The molecule has 0 N–H and O–H groups in total. The van der Waals surface area contributed by atoms with Crippen molar-refractivity contribution in [1.29, 1.82) is 0 Å². The van der Waals surface area contributed by atoms with Crippen LogP contribution in [0.2, 0.25) is 0 Å². The minimum Gasteiger partial charge on any atom is -0.103 e. The van der Waals surface area contributed by atoms with E-state index in [0.29, 0.717) is 0 Å². The molecule has 0 unspecified atom stereocenters. The van der Waals surface area contributed by atoms with Crippen molar-refractivity contribution in [3.8, 4) is 11.1 Å². The van der Waals surface area contributed by atoms with Crippen molar-refractivity contribution in [2.75, 3.05) is 0 Å². The first kappa shape index (κ1) is 12.7. The summed E-state index contributed by atoms with van der Waals surface area (Å²) < 4.78 is 0. The van der Waals surface area contributed by atoms with E-state index >= 15 is 0 Å². The molecule has 20 heavy (non-hydrogen) atoms. The van der Waals surface area contributed by atoms with Crippen molar-refractivity contribution >= 4 is 10.8 Å². The highest BCUT2D eigenvalue weighted by Gasteiger charge is 2.09. The number of aryl methyl sites for hydroxylation is 1. The smallest absolute Gasteiger partial charge is 0.00971 e. The Morgan fingerprint density at radius 2 is 1.55 bits per heavy atom. The topological polar surface area (TPSA) is 0 Å². The molecule has 0 aromatic heterocycles. The Balaban J connectivity index is 2.36. The zero-order valence-corrected chi connectivity index (χ0v) is 11.8. The summed E-state index contributed by atoms with van der Waals surface area (Å²) >= 11 is 0. The largest absolute Gasteiger partial charge is 0.103 e. The van der Waals surface area contributed by atoms with E-state index in [9.17, 15) is 0 Å². The number of hydrogen-bond donors (Lipinski definition) is 0. The van der Waals surface area contributed by atoms with Gasteiger partial charge in [-0.2, -0.15) is 0 Å². The van der Waals surface area contributed by atoms with Crippen molar-refractivity contribution in [3.05, 3.63) is 84.4 Å². The summed E-state index contributed by atoms with van der Waals surface area (Å²) in [4.78, 5) is 0. The first-order chi connectivity index (χ1) is 9.81. The Kier molecular flexibility index (Phi) is 3.39. The second-order valence-corrected chi connectivity index (χ2v) is 5.11. The van der Waals surface area contributed by atoms with Gasteiger partial charge in [-0.25, -0.2) is 0 Å². The van der Waals surface area contributed by atoms with E-state index in [1.165, 1.54) is 33.0 Å². The fourth-order valence-electron chi connectivity index (χ4n) is 2.80. The van der Waals surface area contributed by atoms with Crippen LogP contribution in [0.4, 0.5) is 0 Å². The van der Waals surface area contributed by atoms with Crippen molar-refractivity contribution < 1.29 is 0 Å². The lowest BCUT2D eigenvalue weighted by atomic mass is 9.91. The van der Waals surface area contributed by atoms with E-state index < -0.39 is 0 Å². The Hall–Kier alpha value is -2.34. The standard InChI is InChI=1S/C20H18/c1-3-9-17-14-20(16-10-5-4-6-11-16)19-13-8-7-12-18(19)15(17)2/h3-8,10-14H,1,9H2,2H3. The number of hydrogen-bond acceptors (Lipinski definition) is 0. The predicted molar refractivity (Wildman–Crippen MR) is 88.0 cm³/mol. The molecule has 0 fully saturated rings. The fourth-order valence-corrected chi connectivity index (χ4v) is 2.80. The van der Waals surface area contributed by atoms with Gasteiger partial charge in [0.25, 0.3) is 0 Å². The summed E-state index contributed by atoms with van der Waals surface area (Å²) in [5, 5.41) is 2.66. The molecule has 0 spiro atoms. The van der Waals surface area contributed by atoms with E-state index in [1.54, 1.807) is 0 Å². The molecule has 3 aromatic rings. The molecule has 0 aliphatic carbocycles. The molecule has 0 aliphatic heterocycles. The van der Waals surface area contributed by atoms with Crippen LogP contribution in [-0.2, 0) is 6.42 Å². The molecule has 0 radical (unpaired) electrons. The van der Waals surface area contributed by atoms with Gasteiger partial charge in [0.2, 0.25) is 0 Å². The monoisotopic (exact) mass is 258 g/mol. The summed E-state index contributed by atoms with van der Waals surface area (Å²) in [5.74, 6) is 0. The Bertz CT molecular complexity index is 752. The van der Waals surface area contributed by atoms with E-state index in [-0.39, 0.29) is 0 Å². The average Bonchev–Trinajstić information content (AvgIpc) is 2.51. The molecular weight excluding hydrogens is 240 g/mol. The number of allylic oxidation sites excluding steroid dienone is 1. The molecule has 0 saturated heterocycles. The van der Waals surface area contributed by atoms with Gasteiger partial charge in [0.05, 0.1) is 0 Å². The lowest BCUT2D eigenvalue weighted by molar-refractivity contribution is 1.24. The second kappa shape index (κ2) is 5.34. The van der Waals surface area contributed by atoms with Crippen LogP contribution in [-0.4, -0.2) is 0 Å². The van der Waals surface area contributed by atoms with Crippen molar-refractivity contribution in [2.45, 2.75) is 13.3 Å². The van der Waals surface area contributed by atoms with Crippen LogP contribution < -0.4 is 0 Å². The van der Waals surface area contributed by atoms with Crippen molar-refractivity contribution in [1.82, 2.24) is 0 Å². The molecule has 0 atom stereocenters. The third-order valence-electron chi connectivity index (χ3n) is 3.87. The van der Waals surface area contributed by atoms with Crippen LogP contribution >= 0.6 is 0 Å². The fraction of sp³-hybridized carbons (Fsp3) is 0.100. The molecule has 3 aromatic carbocycles. The number of benzene rings is 3. The van der Waals surface area contributed by atoms with Gasteiger partial charge in [-0.1, -0.05) is 60.7 Å². The minimum atomic E-state index is 0.913. The van der Waals surface area contributed by atoms with Crippen LogP contribution in [0.3, 0.4) is 0 Å². The predicted octanol–water partition coefficient (Wildman–Crippen LogP) is 5.54. The molecule has 0 bridgehead atoms. The second-order valence-electron chi connectivity index (χ2n) is 5.11. The van der Waals surface area contributed by atoms with Gasteiger partial charge in [-0.15, -0.1) is 6.58 Å². The van der Waals surface area contributed by atoms with Gasteiger partial charge in [0.1, 0.15) is 0 Å². The Morgan fingerprint density at radius 1 is 0.900 bits per heavy atom.